The zero-order chi connectivity index (χ0) is 18.1. The number of nitrogens with one attached hydrogen (secondary N) is 2. The first-order valence-corrected chi connectivity index (χ1v) is 8.62. The Morgan fingerprint density at radius 3 is 2.77 bits per heavy atom. The zero-order valence-corrected chi connectivity index (χ0v) is 14.9. The van der Waals surface area contributed by atoms with Crippen LogP contribution in [0.1, 0.15) is 16.4 Å². The molecule has 2 heterocycles. The van der Waals surface area contributed by atoms with Crippen LogP contribution in [0.15, 0.2) is 59.1 Å². The average Bonchev–Trinajstić information content (AvgIpc) is 3.26. The smallest absolute Gasteiger partial charge is 0.269 e. The Bertz CT molecular complexity index is 1090. The van der Waals surface area contributed by atoms with E-state index in [0.717, 1.165) is 11.1 Å². The number of carbonyl (C=O) groups excluding carboxylic acids is 1. The lowest BCUT2D eigenvalue weighted by Gasteiger charge is -2.01. The summed E-state index contributed by atoms with van der Waals surface area (Å²) in [4.78, 5) is 19.6. The van der Waals surface area contributed by atoms with Crippen LogP contribution in [0.2, 0.25) is 10.0 Å². The summed E-state index contributed by atoms with van der Waals surface area (Å²) < 4.78 is 5.67. The number of benzene rings is 2. The second kappa shape index (κ2) is 6.86. The number of nitrogens with zero attached hydrogens (tertiary/aromatic N) is 1. The van der Waals surface area contributed by atoms with Crippen LogP contribution in [0.3, 0.4) is 0 Å². The highest BCUT2D eigenvalue weighted by Gasteiger charge is 2.17. The SMILES string of the molecule is O=C(NCc1ncc(-c2ccccc2)o1)c1[nH]c2ccc(Cl)cc2c1Cl. The van der Waals surface area contributed by atoms with E-state index in [9.17, 15) is 4.79 Å². The van der Waals surface area contributed by atoms with E-state index in [0.29, 0.717) is 27.1 Å². The number of H-pyrrole nitrogens is 1. The maximum absolute atomic E-state index is 12.4. The van der Waals surface area contributed by atoms with E-state index in [2.05, 4.69) is 15.3 Å². The van der Waals surface area contributed by atoms with Crippen molar-refractivity contribution >= 4 is 40.0 Å². The topological polar surface area (TPSA) is 70.9 Å². The van der Waals surface area contributed by atoms with Gasteiger partial charge >= 0.3 is 0 Å². The molecule has 0 radical (unpaired) electrons. The van der Waals surface area contributed by atoms with Crippen LogP contribution in [0.25, 0.3) is 22.2 Å². The average molecular weight is 386 g/mol. The summed E-state index contributed by atoms with van der Waals surface area (Å²) in [6, 6.07) is 14.9. The minimum atomic E-state index is -0.346. The number of oxazole rings is 1. The molecular weight excluding hydrogens is 373 g/mol. The molecule has 26 heavy (non-hydrogen) atoms. The molecule has 2 aromatic heterocycles. The van der Waals surface area contributed by atoms with E-state index in [1.54, 1.807) is 24.4 Å². The van der Waals surface area contributed by atoms with E-state index in [1.165, 1.54) is 0 Å². The molecule has 130 valence electrons. The molecule has 0 aliphatic carbocycles. The molecule has 4 aromatic rings. The van der Waals surface area contributed by atoms with Crippen LogP contribution < -0.4 is 5.32 Å². The first-order valence-electron chi connectivity index (χ1n) is 7.87. The van der Waals surface area contributed by atoms with Crippen molar-refractivity contribution < 1.29 is 9.21 Å². The fourth-order valence-electron chi connectivity index (χ4n) is 2.66. The predicted molar refractivity (Wildman–Crippen MR) is 101 cm³/mol. The third-order valence-electron chi connectivity index (χ3n) is 3.94. The fourth-order valence-corrected chi connectivity index (χ4v) is 3.12. The van der Waals surface area contributed by atoms with Gasteiger partial charge in [-0.15, -0.1) is 0 Å². The number of aromatic amines is 1. The summed E-state index contributed by atoms with van der Waals surface area (Å²) in [5.74, 6) is 0.711. The molecule has 0 bridgehead atoms. The van der Waals surface area contributed by atoms with E-state index in [4.69, 9.17) is 27.6 Å². The molecule has 0 atom stereocenters. The number of carbonyl (C=O) groups is 1. The Kier molecular flexibility index (Phi) is 4.41. The highest BCUT2D eigenvalue weighted by molar-refractivity contribution is 6.39. The Morgan fingerprint density at radius 1 is 1.15 bits per heavy atom. The lowest BCUT2D eigenvalue weighted by molar-refractivity contribution is 0.0943. The van der Waals surface area contributed by atoms with Gasteiger partial charge < -0.3 is 14.7 Å². The van der Waals surface area contributed by atoms with Gasteiger partial charge in [0.2, 0.25) is 5.89 Å². The molecule has 7 heteroatoms. The number of hydrogen-bond acceptors (Lipinski definition) is 3. The van der Waals surface area contributed by atoms with Gasteiger partial charge in [0.1, 0.15) is 5.69 Å². The molecule has 2 N–H and O–H groups in total. The third kappa shape index (κ3) is 3.19. The van der Waals surface area contributed by atoms with E-state index in [-0.39, 0.29) is 18.1 Å². The van der Waals surface area contributed by atoms with Crippen LogP contribution in [0.4, 0.5) is 0 Å². The maximum atomic E-state index is 12.4. The van der Waals surface area contributed by atoms with Gasteiger partial charge in [0.25, 0.3) is 5.91 Å². The van der Waals surface area contributed by atoms with Crippen molar-refractivity contribution in [2.75, 3.05) is 0 Å². The van der Waals surface area contributed by atoms with E-state index < -0.39 is 0 Å². The van der Waals surface area contributed by atoms with E-state index in [1.807, 2.05) is 30.3 Å². The third-order valence-corrected chi connectivity index (χ3v) is 4.56. The van der Waals surface area contributed by atoms with Gasteiger partial charge in [0, 0.05) is 21.5 Å². The molecule has 0 saturated carbocycles. The minimum absolute atomic E-state index is 0.151. The fraction of sp³-hybridized carbons (Fsp3) is 0.0526. The van der Waals surface area contributed by atoms with Crippen molar-refractivity contribution in [3.63, 3.8) is 0 Å². The summed E-state index contributed by atoms with van der Waals surface area (Å²) in [7, 11) is 0. The molecule has 0 aliphatic rings. The van der Waals surface area contributed by atoms with Gasteiger partial charge in [-0.1, -0.05) is 53.5 Å². The molecule has 0 unspecified atom stereocenters. The number of rotatable bonds is 4. The summed E-state index contributed by atoms with van der Waals surface area (Å²) in [5, 5.41) is 4.34. The van der Waals surface area contributed by atoms with Gasteiger partial charge in [0.05, 0.1) is 17.8 Å². The number of amides is 1. The summed E-state index contributed by atoms with van der Waals surface area (Å²) in [5.41, 5.74) is 1.94. The number of aromatic nitrogens is 2. The van der Waals surface area contributed by atoms with Crippen molar-refractivity contribution in [1.29, 1.82) is 0 Å². The van der Waals surface area contributed by atoms with Gasteiger partial charge in [-0.05, 0) is 18.2 Å². The highest BCUT2D eigenvalue weighted by atomic mass is 35.5. The van der Waals surface area contributed by atoms with Crippen LogP contribution in [0.5, 0.6) is 0 Å². The van der Waals surface area contributed by atoms with Crippen LogP contribution in [-0.2, 0) is 6.54 Å². The minimum Gasteiger partial charge on any atom is -0.439 e. The van der Waals surface area contributed by atoms with Gasteiger partial charge in [-0.25, -0.2) is 4.98 Å². The Morgan fingerprint density at radius 2 is 1.96 bits per heavy atom. The Hall–Kier alpha value is -2.76. The van der Waals surface area contributed by atoms with Gasteiger partial charge in [-0.3, -0.25) is 4.79 Å². The Labute approximate surface area is 158 Å². The summed E-state index contributed by atoms with van der Waals surface area (Å²) in [6.45, 7) is 0.151. The molecule has 0 saturated heterocycles. The van der Waals surface area contributed by atoms with Crippen molar-refractivity contribution in [3.8, 4) is 11.3 Å². The number of fused-ring (bicyclic) bond motifs is 1. The first kappa shape index (κ1) is 16.7. The maximum Gasteiger partial charge on any atom is 0.269 e. The lowest BCUT2D eigenvalue weighted by Crippen LogP contribution is -2.23. The van der Waals surface area contributed by atoms with Crippen LogP contribution in [0, 0.1) is 0 Å². The second-order valence-electron chi connectivity index (χ2n) is 5.67. The largest absolute Gasteiger partial charge is 0.439 e. The number of halogens is 2. The molecule has 0 spiro atoms. The predicted octanol–water partition coefficient (Wildman–Crippen LogP) is 5.06. The van der Waals surface area contributed by atoms with Gasteiger partial charge in [-0.2, -0.15) is 0 Å². The van der Waals surface area contributed by atoms with Crippen molar-refractivity contribution in [1.82, 2.24) is 15.3 Å². The summed E-state index contributed by atoms with van der Waals surface area (Å²) in [6.07, 6.45) is 1.63. The molecule has 0 aliphatic heterocycles. The quantitative estimate of drug-likeness (QED) is 0.515. The molecule has 4 rings (SSSR count). The normalized spacial score (nSPS) is 11.0. The molecule has 1 amide bonds. The van der Waals surface area contributed by atoms with E-state index >= 15 is 0 Å². The molecule has 5 nitrogen and oxygen atoms in total. The lowest BCUT2D eigenvalue weighted by atomic mass is 10.2. The van der Waals surface area contributed by atoms with Gasteiger partial charge in [0.15, 0.2) is 5.76 Å². The van der Waals surface area contributed by atoms with Crippen molar-refractivity contribution in [2.24, 2.45) is 0 Å². The highest BCUT2D eigenvalue weighted by Crippen LogP contribution is 2.29. The zero-order valence-electron chi connectivity index (χ0n) is 13.4. The van der Waals surface area contributed by atoms with Crippen LogP contribution in [-0.4, -0.2) is 15.9 Å². The Balaban J connectivity index is 1.49. The molecular formula is C19H13Cl2N3O2. The molecule has 2 aromatic carbocycles. The first-order chi connectivity index (χ1) is 12.6. The van der Waals surface area contributed by atoms with Crippen molar-refractivity contribution in [3.05, 3.63) is 76.4 Å². The monoisotopic (exact) mass is 385 g/mol. The standard InChI is InChI=1S/C19H13Cl2N3O2/c20-12-6-7-14-13(8-12)17(21)18(24-14)19(25)23-10-16-22-9-15(26-16)11-4-2-1-3-5-11/h1-9,24H,10H2,(H,23,25). The second-order valence-corrected chi connectivity index (χ2v) is 6.49. The number of hydrogen-bond donors (Lipinski definition) is 2. The molecule has 0 fully saturated rings. The summed E-state index contributed by atoms with van der Waals surface area (Å²) >= 11 is 12.3. The van der Waals surface area contributed by atoms with Crippen molar-refractivity contribution in [2.45, 2.75) is 6.54 Å². The van der Waals surface area contributed by atoms with Crippen LogP contribution >= 0.6 is 23.2 Å².